The lowest BCUT2D eigenvalue weighted by molar-refractivity contribution is 0.0783. The molecule has 1 aliphatic heterocycles. The predicted molar refractivity (Wildman–Crippen MR) is 80.3 cm³/mol. The summed E-state index contributed by atoms with van der Waals surface area (Å²) in [6.07, 6.45) is 0.948. The summed E-state index contributed by atoms with van der Waals surface area (Å²) in [5.74, 6) is 0.612. The van der Waals surface area contributed by atoms with Crippen LogP contribution in [0.1, 0.15) is 30.6 Å². The summed E-state index contributed by atoms with van der Waals surface area (Å²) in [7, 11) is 1.48. The van der Waals surface area contributed by atoms with Crippen LogP contribution in [0.2, 0.25) is 0 Å². The first-order chi connectivity index (χ1) is 9.82. The maximum atomic E-state index is 12.6. The van der Waals surface area contributed by atoms with E-state index in [1.807, 2.05) is 0 Å². The number of amides is 1. The van der Waals surface area contributed by atoms with Crippen molar-refractivity contribution in [3.8, 4) is 5.75 Å². The van der Waals surface area contributed by atoms with Gasteiger partial charge in [-0.1, -0.05) is 6.92 Å². The van der Waals surface area contributed by atoms with E-state index in [1.54, 1.807) is 11.8 Å². The Bertz CT molecular complexity index is 644. The molecule has 0 aliphatic carbocycles. The van der Waals surface area contributed by atoms with Crippen LogP contribution in [0.3, 0.4) is 0 Å². The Hall–Kier alpha value is -1.27. The molecule has 1 unspecified atom stereocenters. The molecule has 2 rings (SSSR count). The van der Waals surface area contributed by atoms with Crippen LogP contribution >= 0.6 is 10.7 Å². The van der Waals surface area contributed by atoms with Gasteiger partial charge in [0.25, 0.3) is 15.0 Å². The van der Waals surface area contributed by atoms with Gasteiger partial charge in [-0.2, -0.15) is 0 Å². The SMILES string of the molecule is CCOc1ccc(S(=O)(=O)Cl)cc1C(=O)N1CCC(C)C1. The third-order valence-corrected chi connectivity index (χ3v) is 4.83. The second-order valence-electron chi connectivity index (χ2n) is 5.17. The van der Waals surface area contributed by atoms with E-state index in [1.165, 1.54) is 18.2 Å². The number of carbonyl (C=O) groups is 1. The number of nitrogens with zero attached hydrogens (tertiary/aromatic N) is 1. The molecule has 0 spiro atoms. The molecule has 1 heterocycles. The zero-order valence-corrected chi connectivity index (χ0v) is 13.6. The highest BCUT2D eigenvalue weighted by molar-refractivity contribution is 8.13. The highest BCUT2D eigenvalue weighted by Gasteiger charge is 2.27. The van der Waals surface area contributed by atoms with Gasteiger partial charge in [0.05, 0.1) is 17.1 Å². The molecule has 5 nitrogen and oxygen atoms in total. The molecule has 21 heavy (non-hydrogen) atoms. The second kappa shape index (κ2) is 6.23. The van der Waals surface area contributed by atoms with Crippen molar-refractivity contribution in [3.05, 3.63) is 23.8 Å². The van der Waals surface area contributed by atoms with Crippen LogP contribution in [0.15, 0.2) is 23.1 Å². The van der Waals surface area contributed by atoms with E-state index in [2.05, 4.69) is 6.92 Å². The van der Waals surface area contributed by atoms with E-state index < -0.39 is 9.05 Å². The molecular weight excluding hydrogens is 314 g/mol. The van der Waals surface area contributed by atoms with Crippen molar-refractivity contribution < 1.29 is 17.9 Å². The molecule has 1 aromatic rings. The molecule has 0 bridgehead atoms. The minimum atomic E-state index is -3.88. The lowest BCUT2D eigenvalue weighted by Gasteiger charge is -2.18. The van der Waals surface area contributed by atoms with Gasteiger partial charge in [-0.3, -0.25) is 4.79 Å². The monoisotopic (exact) mass is 331 g/mol. The molecule has 1 saturated heterocycles. The summed E-state index contributed by atoms with van der Waals surface area (Å²) in [6, 6.07) is 4.11. The Morgan fingerprint density at radius 1 is 1.48 bits per heavy atom. The number of halogens is 1. The minimum absolute atomic E-state index is 0.0942. The fourth-order valence-electron chi connectivity index (χ4n) is 2.40. The average molecular weight is 332 g/mol. The number of rotatable bonds is 4. The summed E-state index contributed by atoms with van der Waals surface area (Å²) in [4.78, 5) is 14.2. The van der Waals surface area contributed by atoms with Gasteiger partial charge in [-0.15, -0.1) is 0 Å². The maximum absolute atomic E-state index is 12.6. The number of hydrogen-bond acceptors (Lipinski definition) is 4. The maximum Gasteiger partial charge on any atom is 0.261 e. The Morgan fingerprint density at radius 2 is 2.19 bits per heavy atom. The van der Waals surface area contributed by atoms with Crippen LogP contribution in [-0.2, 0) is 9.05 Å². The average Bonchev–Trinajstić information content (AvgIpc) is 2.84. The zero-order valence-electron chi connectivity index (χ0n) is 12.0. The van der Waals surface area contributed by atoms with E-state index in [0.717, 1.165) is 6.42 Å². The van der Waals surface area contributed by atoms with Crippen molar-refractivity contribution in [2.24, 2.45) is 5.92 Å². The van der Waals surface area contributed by atoms with Crippen molar-refractivity contribution in [3.63, 3.8) is 0 Å². The number of ether oxygens (including phenoxy) is 1. The summed E-state index contributed by atoms with van der Waals surface area (Å²) < 4.78 is 28.3. The van der Waals surface area contributed by atoms with Crippen LogP contribution in [0, 0.1) is 5.92 Å². The molecule has 1 aliphatic rings. The minimum Gasteiger partial charge on any atom is -0.493 e. The molecule has 1 atom stereocenters. The molecule has 0 radical (unpaired) electrons. The second-order valence-corrected chi connectivity index (χ2v) is 7.74. The lowest BCUT2D eigenvalue weighted by Crippen LogP contribution is -2.29. The van der Waals surface area contributed by atoms with Gasteiger partial charge in [0.15, 0.2) is 0 Å². The molecule has 1 aromatic carbocycles. The van der Waals surface area contributed by atoms with Gasteiger partial charge in [0, 0.05) is 23.8 Å². The van der Waals surface area contributed by atoms with Gasteiger partial charge in [0.2, 0.25) is 0 Å². The summed E-state index contributed by atoms with van der Waals surface area (Å²) in [5, 5.41) is 0. The standard InChI is InChI=1S/C14H18ClNO4S/c1-3-20-13-5-4-11(21(15,18)19)8-12(13)14(17)16-7-6-10(2)9-16/h4-5,8,10H,3,6-7,9H2,1-2H3. The Morgan fingerprint density at radius 3 is 2.71 bits per heavy atom. The largest absolute Gasteiger partial charge is 0.493 e. The normalized spacial score (nSPS) is 18.8. The molecule has 1 fully saturated rings. The number of carbonyl (C=O) groups excluding carboxylic acids is 1. The van der Waals surface area contributed by atoms with E-state index in [0.29, 0.717) is 31.4 Å². The predicted octanol–water partition coefficient (Wildman–Crippen LogP) is 2.49. The zero-order chi connectivity index (χ0) is 15.6. The number of benzene rings is 1. The molecule has 0 N–H and O–H groups in total. The van der Waals surface area contributed by atoms with Crippen LogP contribution in [-0.4, -0.2) is 38.9 Å². The highest BCUT2D eigenvalue weighted by atomic mass is 35.7. The van der Waals surface area contributed by atoms with Crippen molar-refractivity contribution in [2.75, 3.05) is 19.7 Å². The fraction of sp³-hybridized carbons (Fsp3) is 0.500. The molecule has 0 aromatic heterocycles. The summed E-state index contributed by atoms with van der Waals surface area (Å²) in [6.45, 7) is 5.62. The topological polar surface area (TPSA) is 63.7 Å². The first-order valence-electron chi connectivity index (χ1n) is 6.83. The van der Waals surface area contributed by atoms with Crippen LogP contribution in [0.5, 0.6) is 5.75 Å². The molecule has 116 valence electrons. The van der Waals surface area contributed by atoms with Crippen LogP contribution in [0.4, 0.5) is 0 Å². The third kappa shape index (κ3) is 3.68. The van der Waals surface area contributed by atoms with Crippen molar-refractivity contribution in [1.29, 1.82) is 0 Å². The van der Waals surface area contributed by atoms with Crippen molar-refractivity contribution in [1.82, 2.24) is 4.90 Å². The van der Waals surface area contributed by atoms with Gasteiger partial charge in [0.1, 0.15) is 5.75 Å². The smallest absolute Gasteiger partial charge is 0.261 e. The van der Waals surface area contributed by atoms with E-state index in [4.69, 9.17) is 15.4 Å². The van der Waals surface area contributed by atoms with Gasteiger partial charge in [-0.05, 0) is 37.5 Å². The van der Waals surface area contributed by atoms with E-state index in [9.17, 15) is 13.2 Å². The van der Waals surface area contributed by atoms with Crippen LogP contribution < -0.4 is 4.74 Å². The van der Waals surface area contributed by atoms with Gasteiger partial charge >= 0.3 is 0 Å². The Labute approximate surface area is 129 Å². The first kappa shape index (κ1) is 16.1. The molecule has 7 heteroatoms. The molecule has 1 amide bonds. The Balaban J connectivity index is 2.41. The summed E-state index contributed by atoms with van der Waals surface area (Å²) in [5.41, 5.74) is 0.243. The summed E-state index contributed by atoms with van der Waals surface area (Å²) >= 11 is 0. The van der Waals surface area contributed by atoms with Crippen LogP contribution in [0.25, 0.3) is 0 Å². The van der Waals surface area contributed by atoms with E-state index >= 15 is 0 Å². The fourth-order valence-corrected chi connectivity index (χ4v) is 3.18. The first-order valence-corrected chi connectivity index (χ1v) is 9.14. The van der Waals surface area contributed by atoms with Crippen molar-refractivity contribution >= 4 is 25.6 Å². The highest BCUT2D eigenvalue weighted by Crippen LogP contribution is 2.28. The third-order valence-electron chi connectivity index (χ3n) is 3.47. The van der Waals surface area contributed by atoms with Crippen molar-refractivity contribution in [2.45, 2.75) is 25.2 Å². The molecule has 0 saturated carbocycles. The van der Waals surface area contributed by atoms with E-state index in [-0.39, 0.29) is 16.4 Å². The number of hydrogen-bond donors (Lipinski definition) is 0. The lowest BCUT2D eigenvalue weighted by atomic mass is 10.1. The van der Waals surface area contributed by atoms with Gasteiger partial charge in [-0.25, -0.2) is 8.42 Å². The quantitative estimate of drug-likeness (QED) is 0.795. The Kier molecular flexibility index (Phi) is 4.78. The van der Waals surface area contributed by atoms with Gasteiger partial charge < -0.3 is 9.64 Å². The molecular formula is C14H18ClNO4S. The number of likely N-dealkylation sites (tertiary alicyclic amines) is 1.